The van der Waals surface area contributed by atoms with Gasteiger partial charge in [-0.05, 0) is 36.4 Å². The number of methoxy groups -OCH3 is 1. The summed E-state index contributed by atoms with van der Waals surface area (Å²) in [5, 5.41) is 23.8. The quantitative estimate of drug-likeness (QED) is 0.498. The van der Waals surface area contributed by atoms with Gasteiger partial charge in [0.15, 0.2) is 5.75 Å². The van der Waals surface area contributed by atoms with Crippen LogP contribution in [0.5, 0.6) is 11.5 Å². The molecule has 118 valence electrons. The van der Waals surface area contributed by atoms with Crippen LogP contribution in [0.3, 0.4) is 0 Å². The van der Waals surface area contributed by atoms with Crippen molar-refractivity contribution in [1.82, 2.24) is 5.43 Å². The number of rotatable bonds is 5. The maximum Gasteiger partial charge on any atom is 0.311 e. The van der Waals surface area contributed by atoms with Crippen molar-refractivity contribution in [3.8, 4) is 11.5 Å². The molecule has 0 spiro atoms. The SMILES string of the molecule is COc1ccc(C(=O)N/N=C\c2ccc(O)c([N+](=O)[O-])c2)cc1. The number of carbonyl (C=O) groups excluding carboxylic acids is 1. The van der Waals surface area contributed by atoms with Crippen LogP contribution in [0.4, 0.5) is 5.69 Å². The Morgan fingerprint density at radius 1 is 1.30 bits per heavy atom. The molecule has 23 heavy (non-hydrogen) atoms. The van der Waals surface area contributed by atoms with Gasteiger partial charge >= 0.3 is 5.69 Å². The Kier molecular flexibility index (Phi) is 4.88. The summed E-state index contributed by atoms with van der Waals surface area (Å²) in [7, 11) is 1.52. The first-order valence-corrected chi connectivity index (χ1v) is 6.46. The van der Waals surface area contributed by atoms with Gasteiger partial charge in [-0.3, -0.25) is 14.9 Å². The predicted molar refractivity (Wildman–Crippen MR) is 82.8 cm³/mol. The van der Waals surface area contributed by atoms with Gasteiger partial charge in [0.05, 0.1) is 18.2 Å². The van der Waals surface area contributed by atoms with Crippen LogP contribution in [0, 0.1) is 10.1 Å². The van der Waals surface area contributed by atoms with Gasteiger partial charge in [-0.1, -0.05) is 0 Å². The minimum atomic E-state index is -0.706. The van der Waals surface area contributed by atoms with Crippen LogP contribution in [-0.2, 0) is 0 Å². The summed E-state index contributed by atoms with van der Waals surface area (Å²) in [6.07, 6.45) is 1.24. The van der Waals surface area contributed by atoms with Crippen molar-refractivity contribution in [3.63, 3.8) is 0 Å². The lowest BCUT2D eigenvalue weighted by Gasteiger charge is -2.02. The number of nitrogens with one attached hydrogen (secondary N) is 1. The number of nitro groups is 1. The molecule has 2 aromatic rings. The van der Waals surface area contributed by atoms with Gasteiger partial charge in [0.2, 0.25) is 0 Å². The van der Waals surface area contributed by atoms with E-state index in [4.69, 9.17) is 4.74 Å². The van der Waals surface area contributed by atoms with Crippen molar-refractivity contribution in [2.24, 2.45) is 5.10 Å². The number of hydrogen-bond donors (Lipinski definition) is 2. The fourth-order valence-electron chi connectivity index (χ4n) is 1.74. The number of nitrogens with zero attached hydrogens (tertiary/aromatic N) is 2. The molecule has 0 bridgehead atoms. The number of phenolic OH excluding ortho intramolecular Hbond substituents is 1. The van der Waals surface area contributed by atoms with E-state index in [0.29, 0.717) is 16.9 Å². The van der Waals surface area contributed by atoms with E-state index in [1.807, 2.05) is 0 Å². The molecular weight excluding hydrogens is 302 g/mol. The van der Waals surface area contributed by atoms with Gasteiger partial charge in [-0.25, -0.2) is 5.43 Å². The highest BCUT2D eigenvalue weighted by molar-refractivity contribution is 5.95. The highest BCUT2D eigenvalue weighted by atomic mass is 16.6. The molecule has 0 unspecified atom stereocenters. The zero-order valence-electron chi connectivity index (χ0n) is 12.1. The normalized spacial score (nSPS) is 10.5. The highest BCUT2D eigenvalue weighted by Crippen LogP contribution is 2.25. The molecule has 0 saturated carbocycles. The van der Waals surface area contributed by atoms with Gasteiger partial charge in [-0.2, -0.15) is 5.10 Å². The van der Waals surface area contributed by atoms with Crippen LogP contribution in [0.25, 0.3) is 0 Å². The average Bonchev–Trinajstić information content (AvgIpc) is 2.56. The average molecular weight is 315 g/mol. The molecule has 0 fully saturated rings. The number of hydrogen-bond acceptors (Lipinski definition) is 6. The molecule has 0 aliphatic rings. The number of phenols is 1. The van der Waals surface area contributed by atoms with E-state index in [9.17, 15) is 20.0 Å². The first-order chi connectivity index (χ1) is 11.0. The molecule has 8 nitrogen and oxygen atoms in total. The number of ether oxygens (including phenoxy) is 1. The Balaban J connectivity index is 2.04. The third-order valence-corrected chi connectivity index (χ3v) is 2.93. The molecule has 2 N–H and O–H groups in total. The molecule has 0 saturated heterocycles. The maximum atomic E-state index is 11.8. The summed E-state index contributed by atoms with van der Waals surface area (Å²) < 4.78 is 4.99. The van der Waals surface area contributed by atoms with E-state index < -0.39 is 22.3 Å². The van der Waals surface area contributed by atoms with Crippen LogP contribution in [0.15, 0.2) is 47.6 Å². The Hall–Kier alpha value is -3.42. The van der Waals surface area contributed by atoms with Crippen LogP contribution < -0.4 is 10.2 Å². The number of hydrazone groups is 1. The van der Waals surface area contributed by atoms with Crippen molar-refractivity contribution in [2.45, 2.75) is 0 Å². The Bertz CT molecular complexity index is 756. The summed E-state index contributed by atoms with van der Waals surface area (Å²) in [5.74, 6) is -0.243. The third-order valence-electron chi connectivity index (χ3n) is 2.93. The van der Waals surface area contributed by atoms with Gasteiger partial charge in [0.1, 0.15) is 5.75 Å². The first-order valence-electron chi connectivity index (χ1n) is 6.46. The molecule has 0 atom stereocenters. The van der Waals surface area contributed by atoms with E-state index in [1.54, 1.807) is 24.3 Å². The number of benzene rings is 2. The van der Waals surface area contributed by atoms with Gasteiger partial charge in [-0.15, -0.1) is 0 Å². The second-order valence-electron chi connectivity index (χ2n) is 4.43. The molecule has 2 rings (SSSR count). The third kappa shape index (κ3) is 4.03. The molecule has 0 heterocycles. The lowest BCUT2D eigenvalue weighted by molar-refractivity contribution is -0.385. The lowest BCUT2D eigenvalue weighted by Crippen LogP contribution is -2.17. The van der Waals surface area contributed by atoms with Crippen LogP contribution in [0.1, 0.15) is 15.9 Å². The monoisotopic (exact) mass is 315 g/mol. The Labute approximate surface area is 131 Å². The summed E-state index contributed by atoms with van der Waals surface area (Å²) in [5.41, 5.74) is 2.62. The van der Waals surface area contributed by atoms with Crippen LogP contribution >= 0.6 is 0 Å². The topological polar surface area (TPSA) is 114 Å². The van der Waals surface area contributed by atoms with Crippen molar-refractivity contribution in [1.29, 1.82) is 0 Å². The van der Waals surface area contributed by atoms with E-state index >= 15 is 0 Å². The maximum absolute atomic E-state index is 11.8. The van der Waals surface area contributed by atoms with Gasteiger partial charge < -0.3 is 9.84 Å². The number of nitro benzene ring substituents is 1. The second-order valence-corrected chi connectivity index (χ2v) is 4.43. The number of carbonyl (C=O) groups is 1. The molecule has 0 aliphatic carbocycles. The summed E-state index contributed by atoms with van der Waals surface area (Å²) in [4.78, 5) is 21.9. The van der Waals surface area contributed by atoms with Gasteiger partial charge in [0.25, 0.3) is 5.91 Å². The minimum Gasteiger partial charge on any atom is -0.502 e. The minimum absolute atomic E-state index is 0.365. The second kappa shape index (κ2) is 7.03. The molecule has 8 heteroatoms. The predicted octanol–water partition coefficient (Wildman–Crippen LogP) is 2.07. The summed E-state index contributed by atoms with van der Waals surface area (Å²) in [6, 6.07) is 10.2. The zero-order chi connectivity index (χ0) is 16.8. The first kappa shape index (κ1) is 16.0. The van der Waals surface area contributed by atoms with Crippen molar-refractivity contribution < 1.29 is 19.6 Å². The van der Waals surface area contributed by atoms with E-state index in [-0.39, 0.29) is 0 Å². The highest BCUT2D eigenvalue weighted by Gasteiger charge is 2.12. The van der Waals surface area contributed by atoms with Crippen molar-refractivity contribution >= 4 is 17.8 Å². The van der Waals surface area contributed by atoms with Crippen LogP contribution in [-0.4, -0.2) is 29.3 Å². The number of amides is 1. The molecule has 0 aromatic heterocycles. The summed E-state index contributed by atoms with van der Waals surface area (Å²) >= 11 is 0. The fraction of sp³-hybridized carbons (Fsp3) is 0.0667. The smallest absolute Gasteiger partial charge is 0.311 e. The van der Waals surface area contributed by atoms with E-state index in [0.717, 1.165) is 6.07 Å². The molecule has 0 aliphatic heterocycles. The van der Waals surface area contributed by atoms with Crippen molar-refractivity contribution in [2.75, 3.05) is 7.11 Å². The van der Waals surface area contributed by atoms with Crippen LogP contribution in [0.2, 0.25) is 0 Å². The lowest BCUT2D eigenvalue weighted by atomic mass is 10.2. The van der Waals surface area contributed by atoms with E-state index in [1.165, 1.54) is 25.5 Å². The van der Waals surface area contributed by atoms with Gasteiger partial charge in [0, 0.05) is 17.2 Å². The number of aromatic hydroxyl groups is 1. The molecule has 0 radical (unpaired) electrons. The Morgan fingerprint density at radius 3 is 2.61 bits per heavy atom. The van der Waals surface area contributed by atoms with E-state index in [2.05, 4.69) is 10.5 Å². The zero-order valence-corrected chi connectivity index (χ0v) is 12.1. The summed E-state index contributed by atoms with van der Waals surface area (Å²) in [6.45, 7) is 0. The molecule has 1 amide bonds. The fourth-order valence-corrected chi connectivity index (χ4v) is 1.74. The standard InChI is InChI=1S/C15H13N3O5/c1-23-12-5-3-11(4-6-12)15(20)17-16-9-10-2-7-14(19)13(8-10)18(21)22/h2-9,19H,1H3,(H,17,20)/b16-9-. The Morgan fingerprint density at radius 2 is 2.00 bits per heavy atom. The molecule has 2 aromatic carbocycles. The molecular formula is C15H13N3O5. The largest absolute Gasteiger partial charge is 0.502 e. The van der Waals surface area contributed by atoms with Crippen molar-refractivity contribution in [3.05, 3.63) is 63.7 Å².